The van der Waals surface area contributed by atoms with E-state index >= 15 is 0 Å². The number of benzene rings is 1. The van der Waals surface area contributed by atoms with Crippen molar-refractivity contribution in [2.75, 3.05) is 6.54 Å². The van der Waals surface area contributed by atoms with Crippen LogP contribution in [-0.2, 0) is 0 Å². The van der Waals surface area contributed by atoms with Crippen molar-refractivity contribution >= 4 is 22.0 Å². The van der Waals surface area contributed by atoms with E-state index in [1.165, 1.54) is 6.07 Å². The molecule has 70 valence electrons. The molecule has 1 nitrogen and oxygen atoms in total. The highest BCUT2D eigenvalue weighted by molar-refractivity contribution is 9.10. The van der Waals surface area contributed by atoms with Gasteiger partial charge in [0.2, 0.25) is 0 Å². The highest BCUT2D eigenvalue weighted by atomic mass is 79.9. The minimum absolute atomic E-state index is 0.249. The average molecular weight is 248 g/mol. The molecule has 0 fully saturated rings. The van der Waals surface area contributed by atoms with Gasteiger partial charge in [-0.15, -0.1) is 0 Å². The predicted octanol–water partition coefficient (Wildman–Crippen LogP) is 2.70. The van der Waals surface area contributed by atoms with E-state index in [-0.39, 0.29) is 4.47 Å². The van der Waals surface area contributed by atoms with Crippen molar-refractivity contribution in [1.82, 2.24) is 0 Å². The Morgan fingerprint density at radius 3 is 2.69 bits per heavy atom. The third-order valence-corrected chi connectivity index (χ3v) is 2.29. The Morgan fingerprint density at radius 1 is 1.38 bits per heavy atom. The van der Waals surface area contributed by atoms with Gasteiger partial charge in [0.05, 0.1) is 4.47 Å². The van der Waals surface area contributed by atoms with E-state index in [1.54, 1.807) is 12.2 Å². The molecule has 1 rings (SSSR count). The first-order chi connectivity index (χ1) is 6.15. The van der Waals surface area contributed by atoms with Crippen LogP contribution in [-0.4, -0.2) is 6.54 Å². The normalized spacial score (nSPS) is 11.1. The molecule has 0 amide bonds. The van der Waals surface area contributed by atoms with Crippen molar-refractivity contribution < 1.29 is 8.78 Å². The van der Waals surface area contributed by atoms with Crippen LogP contribution in [0.15, 0.2) is 22.7 Å². The first-order valence-corrected chi connectivity index (χ1v) is 4.45. The van der Waals surface area contributed by atoms with Crippen LogP contribution in [0.3, 0.4) is 0 Å². The zero-order valence-corrected chi connectivity index (χ0v) is 8.31. The molecule has 1 aromatic carbocycles. The topological polar surface area (TPSA) is 26.0 Å². The lowest BCUT2D eigenvalue weighted by Gasteiger charge is -2.00. The molecule has 0 atom stereocenters. The lowest BCUT2D eigenvalue weighted by atomic mass is 10.2. The maximum Gasteiger partial charge on any atom is 0.140 e. The van der Waals surface area contributed by atoms with Gasteiger partial charge >= 0.3 is 0 Å². The fraction of sp³-hybridized carbons (Fsp3) is 0.111. The van der Waals surface area contributed by atoms with E-state index in [2.05, 4.69) is 15.9 Å². The molecule has 0 spiro atoms. The molecule has 1 aromatic rings. The fourth-order valence-electron chi connectivity index (χ4n) is 0.892. The molecule has 13 heavy (non-hydrogen) atoms. The van der Waals surface area contributed by atoms with Gasteiger partial charge in [-0.1, -0.05) is 12.2 Å². The Kier molecular flexibility index (Phi) is 3.57. The second-order valence-electron chi connectivity index (χ2n) is 2.43. The molecule has 4 heteroatoms. The summed E-state index contributed by atoms with van der Waals surface area (Å²) in [7, 11) is 0. The van der Waals surface area contributed by atoms with Gasteiger partial charge in [0.1, 0.15) is 11.6 Å². The van der Waals surface area contributed by atoms with Crippen LogP contribution in [0.4, 0.5) is 8.78 Å². The third-order valence-electron chi connectivity index (χ3n) is 1.45. The second-order valence-corrected chi connectivity index (χ2v) is 3.22. The molecule has 0 heterocycles. The molecule has 0 aliphatic heterocycles. The molecule has 0 radical (unpaired) electrons. The summed E-state index contributed by atoms with van der Waals surface area (Å²) in [6.45, 7) is 0.338. The molecule has 0 bridgehead atoms. The second kappa shape index (κ2) is 4.48. The molecule has 0 aliphatic rings. The van der Waals surface area contributed by atoms with Crippen LogP contribution < -0.4 is 5.73 Å². The number of halogens is 3. The van der Waals surface area contributed by atoms with Gasteiger partial charge in [-0.3, -0.25) is 0 Å². The van der Waals surface area contributed by atoms with Crippen molar-refractivity contribution in [3.8, 4) is 0 Å². The Labute approximate surface area is 83.4 Å². The standard InChI is InChI=1S/C9H8BrF2N/c10-9-6(2-1-3-13)4-7(11)5-8(9)12/h1-2,4-5H,3,13H2/b2-1+. The molecular formula is C9H8BrF2N. The van der Waals surface area contributed by atoms with Crippen molar-refractivity contribution in [3.63, 3.8) is 0 Å². The fourth-order valence-corrected chi connectivity index (χ4v) is 1.25. The van der Waals surface area contributed by atoms with E-state index in [1.807, 2.05) is 0 Å². The summed E-state index contributed by atoms with van der Waals surface area (Å²) < 4.78 is 25.9. The number of nitrogens with two attached hydrogens (primary N) is 1. The van der Waals surface area contributed by atoms with E-state index < -0.39 is 11.6 Å². The summed E-state index contributed by atoms with van der Waals surface area (Å²) in [5, 5.41) is 0. The largest absolute Gasteiger partial charge is 0.327 e. The van der Waals surface area contributed by atoms with Gasteiger partial charge in [0, 0.05) is 12.6 Å². The molecule has 0 saturated carbocycles. The molecule has 0 aliphatic carbocycles. The van der Waals surface area contributed by atoms with Gasteiger partial charge in [-0.25, -0.2) is 8.78 Å². The van der Waals surface area contributed by atoms with Gasteiger partial charge in [0.15, 0.2) is 0 Å². The van der Waals surface area contributed by atoms with Gasteiger partial charge in [-0.2, -0.15) is 0 Å². The highest BCUT2D eigenvalue weighted by Crippen LogP contribution is 2.23. The van der Waals surface area contributed by atoms with Crippen molar-refractivity contribution in [2.45, 2.75) is 0 Å². The Hall–Kier alpha value is -0.740. The average Bonchev–Trinajstić information content (AvgIpc) is 2.09. The van der Waals surface area contributed by atoms with Crippen molar-refractivity contribution in [2.24, 2.45) is 5.73 Å². The van der Waals surface area contributed by atoms with Gasteiger partial charge in [0.25, 0.3) is 0 Å². The zero-order valence-electron chi connectivity index (χ0n) is 6.73. The third kappa shape index (κ3) is 2.60. The van der Waals surface area contributed by atoms with Crippen LogP contribution in [0.1, 0.15) is 5.56 Å². The molecule has 0 aromatic heterocycles. The molecule has 0 saturated heterocycles. The van der Waals surface area contributed by atoms with E-state index in [9.17, 15) is 8.78 Å². The number of rotatable bonds is 2. The minimum Gasteiger partial charge on any atom is -0.327 e. The van der Waals surface area contributed by atoms with Gasteiger partial charge < -0.3 is 5.73 Å². The first kappa shape index (κ1) is 10.3. The summed E-state index contributed by atoms with van der Waals surface area (Å²) in [5.41, 5.74) is 5.66. The minimum atomic E-state index is -0.614. The summed E-state index contributed by atoms with van der Waals surface area (Å²) in [6, 6.07) is 2.06. The van der Waals surface area contributed by atoms with E-state index in [4.69, 9.17) is 5.73 Å². The number of hydrogen-bond acceptors (Lipinski definition) is 1. The van der Waals surface area contributed by atoms with Crippen LogP contribution in [0, 0.1) is 11.6 Å². The van der Waals surface area contributed by atoms with E-state index in [0.717, 1.165) is 6.07 Å². The maximum atomic E-state index is 12.9. The van der Waals surface area contributed by atoms with Crippen LogP contribution in [0.2, 0.25) is 0 Å². The molecular weight excluding hydrogens is 240 g/mol. The lowest BCUT2D eigenvalue weighted by molar-refractivity contribution is 0.578. The summed E-state index contributed by atoms with van der Waals surface area (Å²) in [4.78, 5) is 0. The summed E-state index contributed by atoms with van der Waals surface area (Å²) in [6.07, 6.45) is 3.19. The Balaban J connectivity index is 3.12. The van der Waals surface area contributed by atoms with Crippen LogP contribution in [0.5, 0.6) is 0 Å². The van der Waals surface area contributed by atoms with E-state index in [0.29, 0.717) is 12.1 Å². The lowest BCUT2D eigenvalue weighted by Crippen LogP contribution is -1.93. The zero-order chi connectivity index (χ0) is 9.84. The smallest absolute Gasteiger partial charge is 0.140 e. The quantitative estimate of drug-likeness (QED) is 0.800. The van der Waals surface area contributed by atoms with Crippen molar-refractivity contribution in [3.05, 3.63) is 39.9 Å². The van der Waals surface area contributed by atoms with Crippen LogP contribution >= 0.6 is 15.9 Å². The molecule has 2 N–H and O–H groups in total. The molecule has 0 unspecified atom stereocenters. The highest BCUT2D eigenvalue weighted by Gasteiger charge is 2.05. The maximum absolute atomic E-state index is 12.9. The number of hydrogen-bond donors (Lipinski definition) is 1. The van der Waals surface area contributed by atoms with Crippen molar-refractivity contribution in [1.29, 1.82) is 0 Å². The monoisotopic (exact) mass is 247 g/mol. The Bertz CT molecular complexity index is 337. The Morgan fingerprint density at radius 2 is 2.08 bits per heavy atom. The summed E-state index contributed by atoms with van der Waals surface area (Å²) in [5.74, 6) is -1.21. The predicted molar refractivity (Wildman–Crippen MR) is 52.1 cm³/mol. The SMILES string of the molecule is NC/C=C/c1cc(F)cc(F)c1Br. The van der Waals surface area contributed by atoms with Gasteiger partial charge in [-0.05, 0) is 27.6 Å². The van der Waals surface area contributed by atoms with Crippen LogP contribution in [0.25, 0.3) is 6.08 Å². The first-order valence-electron chi connectivity index (χ1n) is 3.66. The summed E-state index contributed by atoms with van der Waals surface area (Å²) >= 11 is 3.01.